The SMILES string of the molecule is CC[C@@H](C(=O)N1CCCN(c2nc(Cc3ccccc3)nc3c2c(C)nn3-c2ccc(F)cc2)CC1)c1ccccc1. The number of benzene rings is 3. The van der Waals surface area contributed by atoms with E-state index in [1.165, 1.54) is 12.1 Å². The van der Waals surface area contributed by atoms with Crippen molar-refractivity contribution in [3.63, 3.8) is 0 Å². The second-order valence-corrected chi connectivity index (χ2v) is 10.8. The van der Waals surface area contributed by atoms with Gasteiger partial charge in [0.1, 0.15) is 17.5 Å². The maximum Gasteiger partial charge on any atom is 0.230 e. The molecule has 1 saturated heterocycles. The zero-order valence-electron chi connectivity index (χ0n) is 24.1. The van der Waals surface area contributed by atoms with Crippen molar-refractivity contribution < 1.29 is 9.18 Å². The van der Waals surface area contributed by atoms with E-state index in [0.717, 1.165) is 53.1 Å². The fraction of sp³-hybridized carbons (Fsp3) is 0.294. The van der Waals surface area contributed by atoms with Crippen molar-refractivity contribution in [3.8, 4) is 5.69 Å². The van der Waals surface area contributed by atoms with Gasteiger partial charge in [0.2, 0.25) is 5.91 Å². The summed E-state index contributed by atoms with van der Waals surface area (Å²) in [7, 11) is 0. The Labute approximate surface area is 245 Å². The van der Waals surface area contributed by atoms with Gasteiger partial charge in [0.25, 0.3) is 0 Å². The number of hydrogen-bond acceptors (Lipinski definition) is 5. The second-order valence-electron chi connectivity index (χ2n) is 10.8. The summed E-state index contributed by atoms with van der Waals surface area (Å²) in [6, 6.07) is 26.5. The fourth-order valence-corrected chi connectivity index (χ4v) is 5.86. The van der Waals surface area contributed by atoms with Crippen LogP contribution in [0.2, 0.25) is 0 Å². The van der Waals surface area contributed by atoms with Gasteiger partial charge in [-0.25, -0.2) is 19.0 Å². The first-order chi connectivity index (χ1) is 20.5. The molecule has 1 atom stereocenters. The smallest absolute Gasteiger partial charge is 0.230 e. The number of nitrogens with zero attached hydrogens (tertiary/aromatic N) is 6. The molecule has 1 aliphatic rings. The number of aryl methyl sites for hydroxylation is 1. The lowest BCUT2D eigenvalue weighted by molar-refractivity contribution is -0.132. The average molecular weight is 563 g/mol. The van der Waals surface area contributed by atoms with Gasteiger partial charge in [-0.2, -0.15) is 5.10 Å². The van der Waals surface area contributed by atoms with Crippen LogP contribution in [-0.2, 0) is 11.2 Å². The third-order valence-corrected chi connectivity index (χ3v) is 8.02. The molecule has 2 aromatic heterocycles. The predicted molar refractivity (Wildman–Crippen MR) is 163 cm³/mol. The van der Waals surface area contributed by atoms with Crippen LogP contribution in [0.1, 0.15) is 48.3 Å². The Hall–Kier alpha value is -4.59. The van der Waals surface area contributed by atoms with Crippen LogP contribution in [0.4, 0.5) is 10.2 Å². The predicted octanol–water partition coefficient (Wildman–Crippen LogP) is 6.09. The molecule has 1 fully saturated rings. The van der Waals surface area contributed by atoms with Gasteiger partial charge in [-0.05, 0) is 55.2 Å². The van der Waals surface area contributed by atoms with Gasteiger partial charge >= 0.3 is 0 Å². The number of hydrogen-bond donors (Lipinski definition) is 0. The van der Waals surface area contributed by atoms with Crippen molar-refractivity contribution in [1.29, 1.82) is 0 Å². The molecule has 1 aliphatic heterocycles. The minimum atomic E-state index is -0.298. The quantitative estimate of drug-likeness (QED) is 0.240. The van der Waals surface area contributed by atoms with Crippen molar-refractivity contribution in [3.05, 3.63) is 113 Å². The molecule has 1 amide bonds. The second kappa shape index (κ2) is 12.1. The summed E-state index contributed by atoms with van der Waals surface area (Å²) in [5, 5.41) is 5.71. The molecule has 3 aromatic carbocycles. The number of amides is 1. The number of fused-ring (bicyclic) bond motifs is 1. The van der Waals surface area contributed by atoms with Crippen LogP contribution in [0.3, 0.4) is 0 Å². The Morgan fingerprint density at radius 2 is 1.60 bits per heavy atom. The van der Waals surface area contributed by atoms with E-state index in [4.69, 9.17) is 15.1 Å². The van der Waals surface area contributed by atoms with E-state index >= 15 is 0 Å². The summed E-state index contributed by atoms with van der Waals surface area (Å²) in [6.07, 6.45) is 2.17. The van der Waals surface area contributed by atoms with E-state index < -0.39 is 0 Å². The van der Waals surface area contributed by atoms with E-state index in [1.807, 2.05) is 60.4 Å². The van der Waals surface area contributed by atoms with Crippen molar-refractivity contribution in [2.75, 3.05) is 31.1 Å². The van der Waals surface area contributed by atoms with E-state index in [9.17, 15) is 9.18 Å². The van der Waals surface area contributed by atoms with Crippen LogP contribution >= 0.6 is 0 Å². The highest BCUT2D eigenvalue weighted by Gasteiger charge is 2.28. The van der Waals surface area contributed by atoms with E-state index in [-0.39, 0.29) is 17.6 Å². The largest absolute Gasteiger partial charge is 0.354 e. The van der Waals surface area contributed by atoms with Gasteiger partial charge in [0.05, 0.1) is 22.7 Å². The van der Waals surface area contributed by atoms with Gasteiger partial charge < -0.3 is 9.80 Å². The summed E-state index contributed by atoms with van der Waals surface area (Å²) < 4.78 is 15.5. The van der Waals surface area contributed by atoms with Gasteiger partial charge in [-0.15, -0.1) is 0 Å². The fourth-order valence-electron chi connectivity index (χ4n) is 5.86. The standard InChI is InChI=1S/C34H35FN6O/c1-3-29(26-13-8-5-9-14-26)34(42)40-20-10-19-39(21-22-40)32-31-24(2)38-41(28-17-15-27(35)16-18-28)33(31)37-30(36-32)23-25-11-6-4-7-12-25/h4-9,11-18,29H,3,10,19-23H2,1-2H3/t29-/m1/s1. The molecule has 214 valence electrons. The van der Waals surface area contributed by atoms with Crippen LogP contribution in [0, 0.1) is 12.7 Å². The Morgan fingerprint density at radius 1 is 0.881 bits per heavy atom. The summed E-state index contributed by atoms with van der Waals surface area (Å²) in [5.74, 6) is 1.27. The minimum absolute atomic E-state index is 0.142. The van der Waals surface area contributed by atoms with Crippen LogP contribution in [0.25, 0.3) is 16.7 Å². The van der Waals surface area contributed by atoms with Crippen LogP contribution in [0.5, 0.6) is 0 Å². The van der Waals surface area contributed by atoms with E-state index in [2.05, 4.69) is 24.0 Å². The molecule has 42 heavy (non-hydrogen) atoms. The molecule has 7 nitrogen and oxygen atoms in total. The number of aromatic nitrogens is 4. The highest BCUT2D eigenvalue weighted by atomic mass is 19.1. The summed E-state index contributed by atoms with van der Waals surface area (Å²) in [5.41, 5.74) is 4.43. The van der Waals surface area contributed by atoms with Crippen molar-refractivity contribution in [1.82, 2.24) is 24.6 Å². The van der Waals surface area contributed by atoms with Gasteiger partial charge in [-0.1, -0.05) is 67.6 Å². The molecular weight excluding hydrogens is 527 g/mol. The first-order valence-corrected chi connectivity index (χ1v) is 14.7. The number of carbonyl (C=O) groups is 1. The first-order valence-electron chi connectivity index (χ1n) is 14.7. The third-order valence-electron chi connectivity index (χ3n) is 8.02. The Morgan fingerprint density at radius 3 is 2.31 bits per heavy atom. The topological polar surface area (TPSA) is 67.2 Å². The van der Waals surface area contributed by atoms with Gasteiger partial charge in [0, 0.05) is 32.6 Å². The molecule has 0 saturated carbocycles. The Kier molecular flexibility index (Phi) is 7.95. The molecule has 0 spiro atoms. The van der Waals surface area contributed by atoms with Gasteiger partial charge in [-0.3, -0.25) is 4.79 Å². The molecule has 5 aromatic rings. The molecule has 8 heteroatoms. The zero-order chi connectivity index (χ0) is 29.1. The summed E-state index contributed by atoms with van der Waals surface area (Å²) in [4.78, 5) is 28.1. The normalized spacial score (nSPS) is 14.6. The molecule has 0 bridgehead atoms. The molecule has 0 aliphatic carbocycles. The maximum absolute atomic E-state index is 13.7. The number of anilines is 1. The molecule has 0 unspecified atom stereocenters. The lowest BCUT2D eigenvalue weighted by atomic mass is 9.95. The molecule has 0 N–H and O–H groups in total. The molecular formula is C34H35FN6O. The minimum Gasteiger partial charge on any atom is -0.354 e. The highest BCUT2D eigenvalue weighted by Crippen LogP contribution is 2.31. The Bertz CT molecular complexity index is 1670. The van der Waals surface area contributed by atoms with Gasteiger partial charge in [0.15, 0.2) is 5.65 Å². The lowest BCUT2D eigenvalue weighted by Gasteiger charge is -2.26. The Balaban J connectivity index is 1.35. The first kappa shape index (κ1) is 27.6. The maximum atomic E-state index is 13.7. The summed E-state index contributed by atoms with van der Waals surface area (Å²) in [6.45, 7) is 6.79. The molecule has 3 heterocycles. The zero-order valence-corrected chi connectivity index (χ0v) is 24.1. The average Bonchev–Trinajstić information content (AvgIpc) is 3.17. The van der Waals surface area contributed by atoms with Crippen LogP contribution < -0.4 is 4.90 Å². The molecule has 0 radical (unpaired) electrons. The van der Waals surface area contributed by atoms with Crippen LogP contribution in [0.15, 0.2) is 84.9 Å². The number of rotatable bonds is 7. The van der Waals surface area contributed by atoms with Crippen molar-refractivity contribution in [2.24, 2.45) is 0 Å². The summed E-state index contributed by atoms with van der Waals surface area (Å²) >= 11 is 0. The molecule has 6 rings (SSSR count). The number of halogens is 1. The lowest BCUT2D eigenvalue weighted by Crippen LogP contribution is -2.38. The highest BCUT2D eigenvalue weighted by molar-refractivity contribution is 5.91. The van der Waals surface area contributed by atoms with E-state index in [1.54, 1.807) is 16.8 Å². The van der Waals surface area contributed by atoms with E-state index in [0.29, 0.717) is 37.5 Å². The monoisotopic (exact) mass is 562 g/mol. The van der Waals surface area contributed by atoms with Crippen molar-refractivity contribution in [2.45, 2.75) is 39.0 Å². The van der Waals surface area contributed by atoms with Crippen molar-refractivity contribution >= 4 is 22.8 Å². The van der Waals surface area contributed by atoms with Crippen LogP contribution in [-0.4, -0.2) is 56.7 Å². The number of carbonyl (C=O) groups excluding carboxylic acids is 1. The third kappa shape index (κ3) is 5.62.